The highest BCUT2D eigenvalue weighted by Crippen LogP contribution is 2.31. The van der Waals surface area contributed by atoms with Crippen molar-refractivity contribution in [3.63, 3.8) is 0 Å². The van der Waals surface area contributed by atoms with Crippen molar-refractivity contribution < 1.29 is 8.42 Å². The average molecular weight is 481 g/mol. The first kappa shape index (κ1) is 22.2. The van der Waals surface area contributed by atoms with E-state index in [0.29, 0.717) is 26.2 Å². The van der Waals surface area contributed by atoms with E-state index in [4.69, 9.17) is 0 Å². The number of nitrogens with zero attached hydrogens (tertiary/aromatic N) is 2. The van der Waals surface area contributed by atoms with Gasteiger partial charge in [0.25, 0.3) is 10.2 Å². The fraction of sp³-hybridized carbons (Fsp3) is 0.200. The van der Waals surface area contributed by atoms with E-state index in [2.05, 4.69) is 60.7 Å². The first-order valence-electron chi connectivity index (χ1n) is 12.2. The third-order valence-corrected chi connectivity index (χ3v) is 9.16. The van der Waals surface area contributed by atoms with Crippen molar-refractivity contribution in [2.75, 3.05) is 13.1 Å². The molecule has 0 aliphatic carbocycles. The second kappa shape index (κ2) is 9.08. The van der Waals surface area contributed by atoms with Crippen LogP contribution in [-0.4, -0.2) is 30.1 Å². The maximum absolute atomic E-state index is 13.7. The highest BCUT2D eigenvalue weighted by Gasteiger charge is 2.34. The minimum atomic E-state index is -3.56. The van der Waals surface area contributed by atoms with Crippen LogP contribution in [0.5, 0.6) is 0 Å². The van der Waals surface area contributed by atoms with Crippen molar-refractivity contribution in [3.05, 3.63) is 119 Å². The van der Waals surface area contributed by atoms with E-state index in [0.717, 1.165) is 46.2 Å². The zero-order valence-electron chi connectivity index (χ0n) is 19.6. The lowest BCUT2D eigenvalue weighted by atomic mass is 9.95. The largest absolute Gasteiger partial charge is 0.282 e. The molecule has 0 radical (unpaired) electrons. The van der Waals surface area contributed by atoms with Gasteiger partial charge in [0.1, 0.15) is 0 Å². The predicted molar refractivity (Wildman–Crippen MR) is 141 cm³/mol. The molecule has 0 spiro atoms. The van der Waals surface area contributed by atoms with E-state index in [1.54, 1.807) is 8.61 Å². The van der Waals surface area contributed by atoms with Gasteiger partial charge in [0.05, 0.1) is 0 Å². The zero-order chi connectivity index (χ0) is 23.8. The molecular formula is C30H28N2O2S. The van der Waals surface area contributed by atoms with Crippen LogP contribution in [0.15, 0.2) is 97.1 Å². The third kappa shape index (κ3) is 4.31. The van der Waals surface area contributed by atoms with Gasteiger partial charge in [-0.25, -0.2) is 0 Å². The molecule has 35 heavy (non-hydrogen) atoms. The Hall–Kier alpha value is -3.25. The molecule has 0 fully saturated rings. The number of hydrogen-bond acceptors (Lipinski definition) is 2. The van der Waals surface area contributed by atoms with Crippen LogP contribution in [0.1, 0.15) is 22.3 Å². The summed E-state index contributed by atoms with van der Waals surface area (Å²) in [6.07, 6.45) is 1.48. The van der Waals surface area contributed by atoms with Crippen molar-refractivity contribution >= 4 is 10.2 Å². The van der Waals surface area contributed by atoms with Gasteiger partial charge in [0.2, 0.25) is 0 Å². The van der Waals surface area contributed by atoms with E-state index in [9.17, 15) is 8.42 Å². The van der Waals surface area contributed by atoms with Crippen LogP contribution in [0.2, 0.25) is 0 Å². The van der Waals surface area contributed by atoms with Gasteiger partial charge < -0.3 is 0 Å². The molecule has 5 heteroatoms. The Morgan fingerprint density at radius 1 is 0.486 bits per heavy atom. The molecule has 0 amide bonds. The molecule has 0 N–H and O–H groups in total. The van der Waals surface area contributed by atoms with Gasteiger partial charge >= 0.3 is 0 Å². The number of rotatable bonds is 4. The van der Waals surface area contributed by atoms with Crippen LogP contribution < -0.4 is 0 Å². The molecule has 6 rings (SSSR count). The van der Waals surface area contributed by atoms with E-state index in [1.165, 1.54) is 11.1 Å². The summed E-state index contributed by atoms with van der Waals surface area (Å²) in [5.41, 5.74) is 9.25. The molecule has 2 heterocycles. The second-order valence-electron chi connectivity index (χ2n) is 9.37. The summed E-state index contributed by atoms with van der Waals surface area (Å²) in [6, 6.07) is 33.4. The van der Waals surface area contributed by atoms with Gasteiger partial charge in [-0.2, -0.15) is 17.0 Å². The minimum Gasteiger partial charge on any atom is -0.195 e. The third-order valence-electron chi connectivity index (χ3n) is 7.23. The van der Waals surface area contributed by atoms with Crippen LogP contribution in [0.4, 0.5) is 0 Å². The number of benzene rings is 4. The molecule has 176 valence electrons. The van der Waals surface area contributed by atoms with E-state index < -0.39 is 10.2 Å². The lowest BCUT2D eigenvalue weighted by Gasteiger charge is -2.35. The molecule has 4 nitrogen and oxygen atoms in total. The quantitative estimate of drug-likeness (QED) is 0.377. The fourth-order valence-electron chi connectivity index (χ4n) is 5.24. The van der Waals surface area contributed by atoms with Crippen molar-refractivity contribution in [3.8, 4) is 22.3 Å². The number of fused-ring (bicyclic) bond motifs is 2. The van der Waals surface area contributed by atoms with Gasteiger partial charge in [-0.05, 0) is 69.5 Å². The molecule has 0 saturated heterocycles. The molecule has 2 aliphatic rings. The summed E-state index contributed by atoms with van der Waals surface area (Å²) < 4.78 is 30.8. The van der Waals surface area contributed by atoms with Crippen molar-refractivity contribution in [1.82, 2.24) is 8.61 Å². The first-order valence-corrected chi connectivity index (χ1v) is 13.6. The summed E-state index contributed by atoms with van der Waals surface area (Å²) in [6.45, 7) is 1.89. The Kier molecular flexibility index (Phi) is 5.77. The fourth-order valence-corrected chi connectivity index (χ4v) is 6.81. The van der Waals surface area contributed by atoms with Crippen molar-refractivity contribution in [1.29, 1.82) is 0 Å². The summed E-state index contributed by atoms with van der Waals surface area (Å²) in [5, 5.41) is 0. The van der Waals surface area contributed by atoms with Gasteiger partial charge in [-0.15, -0.1) is 0 Å². The first-order chi connectivity index (χ1) is 17.1. The average Bonchev–Trinajstić information content (AvgIpc) is 2.92. The zero-order valence-corrected chi connectivity index (χ0v) is 20.4. The molecular weight excluding hydrogens is 452 g/mol. The Morgan fingerprint density at radius 2 is 0.914 bits per heavy atom. The van der Waals surface area contributed by atoms with E-state index in [1.807, 2.05) is 36.4 Å². The minimum absolute atomic E-state index is 0.422. The summed E-state index contributed by atoms with van der Waals surface area (Å²) >= 11 is 0. The topological polar surface area (TPSA) is 40.6 Å². The molecule has 0 saturated carbocycles. The highest BCUT2D eigenvalue weighted by molar-refractivity contribution is 7.86. The Balaban J connectivity index is 1.24. The molecule has 4 aromatic carbocycles. The monoisotopic (exact) mass is 480 g/mol. The van der Waals surface area contributed by atoms with Crippen molar-refractivity contribution in [2.45, 2.75) is 25.9 Å². The summed E-state index contributed by atoms with van der Waals surface area (Å²) in [4.78, 5) is 0. The Bertz CT molecular complexity index is 1360. The lowest BCUT2D eigenvalue weighted by molar-refractivity contribution is 0.314. The van der Waals surface area contributed by atoms with Crippen LogP contribution in [-0.2, 0) is 36.1 Å². The van der Waals surface area contributed by atoms with E-state index >= 15 is 0 Å². The Labute approximate surface area is 207 Å². The van der Waals surface area contributed by atoms with E-state index in [-0.39, 0.29) is 0 Å². The molecule has 0 unspecified atom stereocenters. The van der Waals surface area contributed by atoms with Crippen LogP contribution in [0, 0.1) is 0 Å². The summed E-state index contributed by atoms with van der Waals surface area (Å²) in [7, 11) is -3.56. The maximum atomic E-state index is 13.7. The van der Waals surface area contributed by atoms with Crippen LogP contribution in [0.25, 0.3) is 22.3 Å². The molecule has 0 aromatic heterocycles. The number of hydrogen-bond donors (Lipinski definition) is 0. The van der Waals surface area contributed by atoms with Gasteiger partial charge in [-0.1, -0.05) is 84.9 Å². The van der Waals surface area contributed by atoms with Gasteiger partial charge in [0.15, 0.2) is 0 Å². The standard InChI is InChI=1S/C30H28N2O2S/c33-35(34,31-17-15-25-11-13-27(19-29(25)21-31)23-7-3-1-4-8-23)32-18-16-26-12-14-28(20-30(26)22-32)24-9-5-2-6-10-24/h1-14,19-20H,15-18,21-22H2. The predicted octanol–water partition coefficient (Wildman–Crippen LogP) is 5.68. The molecule has 0 atom stereocenters. The summed E-state index contributed by atoms with van der Waals surface area (Å²) in [5.74, 6) is 0. The molecule has 2 aliphatic heterocycles. The maximum Gasteiger partial charge on any atom is 0.282 e. The molecule has 4 aromatic rings. The van der Waals surface area contributed by atoms with Gasteiger partial charge in [0, 0.05) is 26.2 Å². The molecule has 0 bridgehead atoms. The van der Waals surface area contributed by atoms with Gasteiger partial charge in [-0.3, -0.25) is 0 Å². The normalized spacial score (nSPS) is 16.5. The highest BCUT2D eigenvalue weighted by atomic mass is 32.2. The smallest absolute Gasteiger partial charge is 0.195 e. The second-order valence-corrected chi connectivity index (χ2v) is 11.3. The van der Waals surface area contributed by atoms with Crippen LogP contribution in [0.3, 0.4) is 0 Å². The Morgan fingerprint density at radius 3 is 1.34 bits per heavy atom. The lowest BCUT2D eigenvalue weighted by Crippen LogP contribution is -2.47. The van der Waals surface area contributed by atoms with Crippen LogP contribution >= 0.6 is 0 Å². The SMILES string of the molecule is O=S(=O)(N1CCc2ccc(-c3ccccc3)cc2C1)N1CCc2ccc(-c3ccccc3)cc2C1. The van der Waals surface area contributed by atoms with Crippen molar-refractivity contribution in [2.24, 2.45) is 0 Å².